The van der Waals surface area contributed by atoms with E-state index in [1.165, 1.54) is 17.0 Å². The van der Waals surface area contributed by atoms with E-state index >= 15 is 0 Å². The maximum absolute atomic E-state index is 13.9. The summed E-state index contributed by atoms with van der Waals surface area (Å²) in [5.74, 6) is -1.22. The predicted octanol–water partition coefficient (Wildman–Crippen LogP) is 3.61. The zero-order valence-electron chi connectivity index (χ0n) is 15.0. The third-order valence-electron chi connectivity index (χ3n) is 4.75. The van der Waals surface area contributed by atoms with Gasteiger partial charge in [0.1, 0.15) is 16.6 Å². The van der Waals surface area contributed by atoms with Crippen molar-refractivity contribution in [2.24, 2.45) is 0 Å². The molecule has 2 aromatic rings. The van der Waals surface area contributed by atoms with Crippen LogP contribution >= 0.6 is 11.3 Å². The molecule has 26 heavy (non-hydrogen) atoms. The van der Waals surface area contributed by atoms with Gasteiger partial charge >= 0.3 is 0 Å². The number of aryl methyl sites for hydroxylation is 1. The molecule has 1 aromatic carbocycles. The summed E-state index contributed by atoms with van der Waals surface area (Å²) in [6.07, 6.45) is 4.49. The van der Waals surface area contributed by atoms with E-state index in [2.05, 4.69) is 11.9 Å². The van der Waals surface area contributed by atoms with Gasteiger partial charge in [0.05, 0.1) is 12.6 Å². The van der Waals surface area contributed by atoms with Crippen molar-refractivity contribution in [3.8, 4) is 0 Å². The zero-order chi connectivity index (χ0) is 18.7. The minimum absolute atomic E-state index is 0.00486. The van der Waals surface area contributed by atoms with Gasteiger partial charge in [-0.1, -0.05) is 13.0 Å². The van der Waals surface area contributed by atoms with Crippen LogP contribution in [-0.4, -0.2) is 40.3 Å². The molecule has 1 atom stereocenters. The fourth-order valence-electron chi connectivity index (χ4n) is 3.25. The summed E-state index contributed by atoms with van der Waals surface area (Å²) in [6, 6.07) is 3.26. The van der Waals surface area contributed by atoms with E-state index < -0.39 is 11.6 Å². The van der Waals surface area contributed by atoms with E-state index in [0.717, 1.165) is 30.3 Å². The number of likely N-dealkylation sites (tertiary alicyclic amines) is 1. The molecule has 0 saturated carbocycles. The Morgan fingerprint density at radius 3 is 2.88 bits per heavy atom. The van der Waals surface area contributed by atoms with Crippen LogP contribution in [0.15, 0.2) is 24.4 Å². The number of amides is 1. The first-order valence-electron chi connectivity index (χ1n) is 8.84. The Hall–Kier alpha value is -1.86. The van der Waals surface area contributed by atoms with Crippen molar-refractivity contribution < 1.29 is 13.6 Å². The van der Waals surface area contributed by atoms with Crippen molar-refractivity contribution in [2.75, 3.05) is 13.6 Å². The van der Waals surface area contributed by atoms with E-state index in [-0.39, 0.29) is 18.5 Å². The zero-order valence-corrected chi connectivity index (χ0v) is 15.9. The van der Waals surface area contributed by atoms with Crippen LogP contribution in [-0.2, 0) is 24.3 Å². The van der Waals surface area contributed by atoms with Gasteiger partial charge in [-0.05, 0) is 32.4 Å². The number of carbonyl (C=O) groups excluding carboxylic acids is 1. The summed E-state index contributed by atoms with van der Waals surface area (Å²) in [6.45, 7) is 3.49. The molecule has 2 heterocycles. The van der Waals surface area contributed by atoms with Crippen molar-refractivity contribution in [3.63, 3.8) is 0 Å². The van der Waals surface area contributed by atoms with Crippen LogP contribution in [0.2, 0.25) is 0 Å². The molecule has 0 N–H and O–H groups in total. The lowest BCUT2D eigenvalue weighted by Gasteiger charge is -2.36. The third-order valence-corrected chi connectivity index (χ3v) is 5.87. The molecule has 3 rings (SSSR count). The number of nitrogens with zero attached hydrogens (tertiary/aromatic N) is 3. The number of hydrogen-bond acceptors (Lipinski definition) is 4. The van der Waals surface area contributed by atoms with Crippen LogP contribution < -0.4 is 0 Å². The van der Waals surface area contributed by atoms with Gasteiger partial charge in [-0.3, -0.25) is 9.69 Å². The highest BCUT2D eigenvalue weighted by Crippen LogP contribution is 2.23. The molecule has 0 radical (unpaired) electrons. The number of aromatic nitrogens is 1. The molecule has 0 aliphatic carbocycles. The Labute approximate surface area is 156 Å². The van der Waals surface area contributed by atoms with Crippen LogP contribution in [0.25, 0.3) is 0 Å². The van der Waals surface area contributed by atoms with Crippen LogP contribution in [0.5, 0.6) is 0 Å². The number of likely N-dealkylation sites (N-methyl/N-ethyl adjacent to an activating group) is 1. The maximum Gasteiger partial charge on any atom is 0.240 e. The molecule has 0 bridgehead atoms. The number of carbonyl (C=O) groups is 1. The van der Waals surface area contributed by atoms with Gasteiger partial charge in [0.15, 0.2) is 0 Å². The molecule has 1 amide bonds. The molecule has 1 aromatic heterocycles. The summed E-state index contributed by atoms with van der Waals surface area (Å²) in [5.41, 5.74) is 0.343. The monoisotopic (exact) mass is 379 g/mol. The minimum Gasteiger partial charge on any atom is -0.337 e. The largest absolute Gasteiger partial charge is 0.337 e. The number of thiazole rings is 1. The average molecular weight is 379 g/mol. The topological polar surface area (TPSA) is 36.4 Å². The number of benzene rings is 1. The molecule has 1 aliphatic rings. The smallest absolute Gasteiger partial charge is 0.240 e. The van der Waals surface area contributed by atoms with Crippen LogP contribution in [0.1, 0.15) is 35.2 Å². The Bertz CT molecular complexity index is 780. The van der Waals surface area contributed by atoms with Gasteiger partial charge in [0.25, 0.3) is 0 Å². The molecule has 1 saturated heterocycles. The van der Waals surface area contributed by atoms with Gasteiger partial charge in [-0.2, -0.15) is 0 Å². The standard InChI is InChI=1S/C19H23F2N3OS/c1-3-15-10-22-18(26-15)12-23(2)17-5-4-8-24(19(17)25)11-13-6-7-14(20)9-16(13)21/h6-7,9-10,17H,3-5,8,11-12H2,1-2H3. The fraction of sp³-hybridized carbons (Fsp3) is 0.474. The summed E-state index contributed by atoms with van der Waals surface area (Å²) >= 11 is 1.67. The lowest BCUT2D eigenvalue weighted by Crippen LogP contribution is -2.50. The van der Waals surface area contributed by atoms with Crippen LogP contribution in [0, 0.1) is 11.6 Å². The summed E-state index contributed by atoms with van der Waals surface area (Å²) in [5, 5.41) is 0.999. The average Bonchev–Trinajstić information content (AvgIpc) is 3.06. The molecule has 0 spiro atoms. The van der Waals surface area contributed by atoms with E-state index in [9.17, 15) is 13.6 Å². The van der Waals surface area contributed by atoms with Crippen LogP contribution in [0.4, 0.5) is 8.78 Å². The molecule has 4 nitrogen and oxygen atoms in total. The van der Waals surface area contributed by atoms with Crippen molar-refractivity contribution in [1.82, 2.24) is 14.8 Å². The summed E-state index contributed by atoms with van der Waals surface area (Å²) in [4.78, 5) is 22.2. The molecular weight excluding hydrogens is 356 g/mol. The highest BCUT2D eigenvalue weighted by Gasteiger charge is 2.32. The predicted molar refractivity (Wildman–Crippen MR) is 97.8 cm³/mol. The minimum atomic E-state index is -0.608. The highest BCUT2D eigenvalue weighted by atomic mass is 32.1. The van der Waals surface area contributed by atoms with E-state index in [1.807, 2.05) is 18.1 Å². The summed E-state index contributed by atoms with van der Waals surface area (Å²) < 4.78 is 27.0. The van der Waals surface area contributed by atoms with Gasteiger partial charge in [0.2, 0.25) is 5.91 Å². The summed E-state index contributed by atoms with van der Waals surface area (Å²) in [7, 11) is 1.93. The number of halogens is 2. The van der Waals surface area contributed by atoms with Crippen molar-refractivity contribution >= 4 is 17.2 Å². The second kappa shape index (κ2) is 8.22. The van der Waals surface area contributed by atoms with E-state index in [1.54, 1.807) is 16.2 Å². The molecular formula is C19H23F2N3OS. The van der Waals surface area contributed by atoms with Gasteiger partial charge in [-0.15, -0.1) is 11.3 Å². The molecule has 140 valence electrons. The van der Waals surface area contributed by atoms with Crippen molar-refractivity contribution in [1.29, 1.82) is 0 Å². The van der Waals surface area contributed by atoms with E-state index in [0.29, 0.717) is 18.7 Å². The lowest BCUT2D eigenvalue weighted by molar-refractivity contribution is -0.140. The quantitative estimate of drug-likeness (QED) is 0.769. The Kier molecular flexibility index (Phi) is 5.98. The second-order valence-corrected chi connectivity index (χ2v) is 7.84. The van der Waals surface area contributed by atoms with Crippen LogP contribution in [0.3, 0.4) is 0 Å². The number of piperidine rings is 1. The lowest BCUT2D eigenvalue weighted by atomic mass is 10.0. The molecule has 1 aliphatic heterocycles. The third kappa shape index (κ3) is 4.27. The van der Waals surface area contributed by atoms with Gasteiger partial charge < -0.3 is 4.90 Å². The first-order chi connectivity index (χ1) is 12.5. The number of hydrogen-bond donors (Lipinski definition) is 0. The first kappa shape index (κ1) is 18.9. The van der Waals surface area contributed by atoms with Crippen molar-refractivity contribution in [2.45, 2.75) is 45.3 Å². The molecule has 1 fully saturated rings. The number of rotatable bonds is 6. The molecule has 1 unspecified atom stereocenters. The van der Waals surface area contributed by atoms with Crippen molar-refractivity contribution in [3.05, 3.63) is 51.5 Å². The normalized spacial score (nSPS) is 18.0. The molecule has 7 heteroatoms. The Balaban J connectivity index is 1.66. The second-order valence-electron chi connectivity index (χ2n) is 6.64. The van der Waals surface area contributed by atoms with E-state index in [4.69, 9.17) is 0 Å². The van der Waals surface area contributed by atoms with Gasteiger partial charge in [0, 0.05) is 35.8 Å². The Morgan fingerprint density at radius 1 is 1.38 bits per heavy atom. The van der Waals surface area contributed by atoms with Gasteiger partial charge in [-0.25, -0.2) is 13.8 Å². The Morgan fingerprint density at radius 2 is 2.19 bits per heavy atom. The highest BCUT2D eigenvalue weighted by molar-refractivity contribution is 7.11. The SMILES string of the molecule is CCc1cnc(CN(C)C2CCCN(Cc3ccc(F)cc3F)C2=O)s1. The first-order valence-corrected chi connectivity index (χ1v) is 9.66. The maximum atomic E-state index is 13.9. The fourth-order valence-corrected chi connectivity index (χ4v) is 4.18.